The summed E-state index contributed by atoms with van der Waals surface area (Å²) in [5.74, 6) is 0.546. The summed E-state index contributed by atoms with van der Waals surface area (Å²) >= 11 is 0. The molecule has 6 heteroatoms. The fourth-order valence-electron chi connectivity index (χ4n) is 6.47. The number of cyclic esters (lactones) is 2. The zero-order valence-corrected chi connectivity index (χ0v) is 17.0. The van der Waals surface area contributed by atoms with Gasteiger partial charge in [-0.2, -0.15) is 0 Å². The van der Waals surface area contributed by atoms with Gasteiger partial charge in [-0.15, -0.1) is 0 Å². The zero-order chi connectivity index (χ0) is 19.6. The van der Waals surface area contributed by atoms with Crippen LogP contribution in [0.15, 0.2) is 11.6 Å². The summed E-state index contributed by atoms with van der Waals surface area (Å²) in [6, 6.07) is 0.810. The standard InChI is InChI=1S/C22H31NO5/c1-11-9-17(27-21(11)24)14-6-7-15-19-13(3)20(18-10-12(2)22(25)28-18)26-16(19)5-4-8-23(14)15/h10-11,13-20H,4-9H2,1-3H3/t11-,13-,14-,15-,16+,17-,18?,19+,20?/m0/s1. The van der Waals surface area contributed by atoms with E-state index in [1.165, 1.54) is 0 Å². The maximum absolute atomic E-state index is 11.9. The summed E-state index contributed by atoms with van der Waals surface area (Å²) in [5.41, 5.74) is 0.688. The third-order valence-electron chi connectivity index (χ3n) is 7.83. The predicted octanol–water partition coefficient (Wildman–Crippen LogP) is 2.46. The van der Waals surface area contributed by atoms with Gasteiger partial charge in [0.05, 0.1) is 12.0 Å². The van der Waals surface area contributed by atoms with Crippen LogP contribution in [0.25, 0.3) is 0 Å². The SMILES string of the molecule is CC1=CC(C2O[C@@H]3CCCN4[C@@H](CC[C@H]4[C@@H]4C[C@H](C)C(=O)O4)[C@H]3[C@@H]2C)OC1=O. The van der Waals surface area contributed by atoms with E-state index in [1.807, 2.05) is 19.9 Å². The molecule has 0 aromatic heterocycles. The molecule has 0 spiro atoms. The molecular weight excluding hydrogens is 358 g/mol. The summed E-state index contributed by atoms with van der Waals surface area (Å²) in [5, 5.41) is 0. The highest BCUT2D eigenvalue weighted by Crippen LogP contribution is 2.48. The molecule has 5 aliphatic rings. The van der Waals surface area contributed by atoms with Crippen LogP contribution in [-0.2, 0) is 23.8 Å². The summed E-state index contributed by atoms with van der Waals surface area (Å²) in [6.07, 6.45) is 7.11. The molecule has 0 radical (unpaired) electrons. The van der Waals surface area contributed by atoms with Crippen molar-refractivity contribution in [2.24, 2.45) is 17.8 Å². The number of esters is 2. The molecule has 5 aliphatic heterocycles. The van der Waals surface area contributed by atoms with Crippen LogP contribution < -0.4 is 0 Å². The molecule has 154 valence electrons. The van der Waals surface area contributed by atoms with Gasteiger partial charge in [0, 0.05) is 23.6 Å². The molecule has 0 aromatic carbocycles. The van der Waals surface area contributed by atoms with Crippen molar-refractivity contribution in [3.05, 3.63) is 11.6 Å². The average Bonchev–Trinajstić information content (AvgIpc) is 3.35. The number of hydrogen-bond acceptors (Lipinski definition) is 6. The fourth-order valence-corrected chi connectivity index (χ4v) is 6.47. The minimum Gasteiger partial charge on any atom is -0.460 e. The molecule has 4 saturated heterocycles. The van der Waals surface area contributed by atoms with Gasteiger partial charge in [-0.05, 0) is 57.6 Å². The Kier molecular flexibility index (Phi) is 4.55. The highest BCUT2D eigenvalue weighted by atomic mass is 16.6. The Bertz CT molecular complexity index is 705. The van der Waals surface area contributed by atoms with Gasteiger partial charge in [-0.25, -0.2) is 4.79 Å². The zero-order valence-electron chi connectivity index (χ0n) is 17.0. The van der Waals surface area contributed by atoms with Crippen LogP contribution in [0.2, 0.25) is 0 Å². The first-order valence-electron chi connectivity index (χ1n) is 10.9. The van der Waals surface area contributed by atoms with Crippen molar-refractivity contribution in [2.45, 2.75) is 89.4 Å². The Morgan fingerprint density at radius 3 is 2.50 bits per heavy atom. The van der Waals surface area contributed by atoms with E-state index in [9.17, 15) is 9.59 Å². The quantitative estimate of drug-likeness (QED) is 0.676. The molecule has 5 rings (SSSR count). The first-order chi connectivity index (χ1) is 13.4. The molecule has 0 bridgehead atoms. The molecule has 5 heterocycles. The Morgan fingerprint density at radius 1 is 1.04 bits per heavy atom. The summed E-state index contributed by atoms with van der Waals surface area (Å²) < 4.78 is 17.8. The summed E-state index contributed by atoms with van der Waals surface area (Å²) in [6.45, 7) is 7.11. The van der Waals surface area contributed by atoms with Gasteiger partial charge in [-0.3, -0.25) is 9.69 Å². The van der Waals surface area contributed by atoms with E-state index in [4.69, 9.17) is 14.2 Å². The van der Waals surface area contributed by atoms with Gasteiger partial charge in [0.1, 0.15) is 18.3 Å². The van der Waals surface area contributed by atoms with Crippen LogP contribution >= 0.6 is 0 Å². The van der Waals surface area contributed by atoms with Crippen LogP contribution in [0.4, 0.5) is 0 Å². The number of carbonyl (C=O) groups is 2. The molecule has 0 amide bonds. The maximum Gasteiger partial charge on any atom is 0.334 e. The van der Waals surface area contributed by atoms with Crippen molar-refractivity contribution in [3.8, 4) is 0 Å². The molecule has 0 saturated carbocycles. The number of nitrogens with zero attached hydrogens (tertiary/aromatic N) is 1. The van der Waals surface area contributed by atoms with Gasteiger partial charge in [0.2, 0.25) is 0 Å². The highest BCUT2D eigenvalue weighted by Gasteiger charge is 2.55. The van der Waals surface area contributed by atoms with Crippen LogP contribution in [0.3, 0.4) is 0 Å². The monoisotopic (exact) mass is 389 g/mol. The van der Waals surface area contributed by atoms with Crippen LogP contribution in [0, 0.1) is 17.8 Å². The number of carbonyl (C=O) groups excluding carboxylic acids is 2. The van der Waals surface area contributed by atoms with E-state index in [0.717, 1.165) is 38.6 Å². The maximum atomic E-state index is 11.9. The van der Waals surface area contributed by atoms with Gasteiger partial charge >= 0.3 is 11.9 Å². The lowest BCUT2D eigenvalue weighted by molar-refractivity contribution is -0.147. The van der Waals surface area contributed by atoms with Crippen LogP contribution in [-0.4, -0.2) is 59.9 Å². The number of rotatable bonds is 2. The largest absolute Gasteiger partial charge is 0.460 e. The molecule has 0 aliphatic carbocycles. The van der Waals surface area contributed by atoms with Crippen molar-refractivity contribution >= 4 is 11.9 Å². The van der Waals surface area contributed by atoms with Gasteiger partial charge < -0.3 is 14.2 Å². The first kappa shape index (κ1) is 18.6. The molecule has 9 atom stereocenters. The third kappa shape index (κ3) is 2.83. The van der Waals surface area contributed by atoms with Crippen LogP contribution in [0.1, 0.15) is 52.9 Å². The fraction of sp³-hybridized carbons (Fsp3) is 0.818. The Hall–Kier alpha value is -1.40. The molecule has 0 aromatic rings. The normalized spacial score (nSPS) is 48.7. The molecular formula is C22H31NO5. The lowest BCUT2D eigenvalue weighted by Gasteiger charge is -2.36. The average molecular weight is 389 g/mol. The van der Waals surface area contributed by atoms with Crippen molar-refractivity contribution in [3.63, 3.8) is 0 Å². The van der Waals surface area contributed by atoms with Gasteiger partial charge in [-0.1, -0.05) is 13.8 Å². The van der Waals surface area contributed by atoms with E-state index < -0.39 is 0 Å². The third-order valence-corrected chi connectivity index (χ3v) is 7.83. The second kappa shape index (κ2) is 6.84. The van der Waals surface area contributed by atoms with Crippen molar-refractivity contribution < 1.29 is 23.8 Å². The lowest BCUT2D eigenvalue weighted by atomic mass is 9.80. The Balaban J connectivity index is 1.35. The molecule has 0 N–H and O–H groups in total. The van der Waals surface area contributed by atoms with Gasteiger partial charge in [0.25, 0.3) is 0 Å². The van der Waals surface area contributed by atoms with E-state index in [1.54, 1.807) is 0 Å². The van der Waals surface area contributed by atoms with Gasteiger partial charge in [0.15, 0.2) is 0 Å². The second-order valence-corrected chi connectivity index (χ2v) is 9.50. The second-order valence-electron chi connectivity index (χ2n) is 9.50. The molecule has 4 fully saturated rings. The van der Waals surface area contributed by atoms with Crippen molar-refractivity contribution in [1.82, 2.24) is 4.90 Å². The highest BCUT2D eigenvalue weighted by molar-refractivity contribution is 5.90. The Labute approximate surface area is 166 Å². The number of hydrogen-bond donors (Lipinski definition) is 0. The van der Waals surface area contributed by atoms with E-state index >= 15 is 0 Å². The van der Waals surface area contributed by atoms with E-state index in [2.05, 4.69) is 11.8 Å². The summed E-state index contributed by atoms with van der Waals surface area (Å²) in [4.78, 5) is 26.4. The minimum atomic E-state index is -0.253. The number of fused-ring (bicyclic) bond motifs is 3. The van der Waals surface area contributed by atoms with E-state index in [0.29, 0.717) is 29.5 Å². The number of ether oxygens (including phenoxy) is 3. The summed E-state index contributed by atoms with van der Waals surface area (Å²) in [7, 11) is 0. The molecule has 2 unspecified atom stereocenters. The molecule has 28 heavy (non-hydrogen) atoms. The topological polar surface area (TPSA) is 65.1 Å². The minimum absolute atomic E-state index is 0.0222. The van der Waals surface area contributed by atoms with E-state index in [-0.39, 0.29) is 42.3 Å². The first-order valence-corrected chi connectivity index (χ1v) is 10.9. The Morgan fingerprint density at radius 2 is 1.82 bits per heavy atom. The molecule has 6 nitrogen and oxygen atoms in total. The van der Waals surface area contributed by atoms with Crippen molar-refractivity contribution in [2.75, 3.05) is 6.54 Å². The van der Waals surface area contributed by atoms with Crippen LogP contribution in [0.5, 0.6) is 0 Å². The predicted molar refractivity (Wildman–Crippen MR) is 101 cm³/mol. The lowest BCUT2D eigenvalue weighted by Crippen LogP contribution is -2.47. The smallest absolute Gasteiger partial charge is 0.334 e. The van der Waals surface area contributed by atoms with Crippen molar-refractivity contribution in [1.29, 1.82) is 0 Å².